The zero-order chi connectivity index (χ0) is 27.6. The average molecular weight is 559 g/mol. The number of hydrogen-bond donors (Lipinski definition) is 0. The maximum absolute atomic E-state index is 13.0. The first-order valence-electron chi connectivity index (χ1n) is 13.0. The van der Waals surface area contributed by atoms with Gasteiger partial charge in [0.1, 0.15) is 50.8 Å². The fraction of sp³-hybridized carbons (Fsp3) is 0.500. The van der Waals surface area contributed by atoms with Crippen LogP contribution in [-0.4, -0.2) is 103 Å². The van der Waals surface area contributed by atoms with E-state index in [-0.39, 0.29) is 62.0 Å². The number of carbonyl (C=O) groups excluding carboxylic acids is 2. The third kappa shape index (κ3) is 6.58. The average Bonchev–Trinajstić information content (AvgIpc) is 3.79. The molecule has 214 valence electrons. The van der Waals surface area contributed by atoms with Crippen molar-refractivity contribution in [3.63, 3.8) is 0 Å². The fourth-order valence-electron chi connectivity index (χ4n) is 3.95. The van der Waals surface area contributed by atoms with E-state index in [1.165, 1.54) is 14.2 Å². The summed E-state index contributed by atoms with van der Waals surface area (Å²) in [6.07, 6.45) is -0.291. The van der Waals surface area contributed by atoms with E-state index >= 15 is 0 Å². The van der Waals surface area contributed by atoms with Crippen molar-refractivity contribution in [2.45, 2.75) is 24.4 Å². The number of ether oxygens (including phenoxy) is 10. The first-order valence-corrected chi connectivity index (χ1v) is 13.0. The summed E-state index contributed by atoms with van der Waals surface area (Å²) in [6, 6.07) is 6.33. The van der Waals surface area contributed by atoms with Crippen LogP contribution in [-0.2, 0) is 28.4 Å². The maximum atomic E-state index is 13.0. The first kappa shape index (κ1) is 26.6. The molecule has 4 aliphatic heterocycles. The number of hydrogen-bond acceptors (Lipinski definition) is 12. The van der Waals surface area contributed by atoms with Crippen molar-refractivity contribution < 1.29 is 57.0 Å². The van der Waals surface area contributed by atoms with Crippen LogP contribution in [0.3, 0.4) is 0 Å². The lowest BCUT2D eigenvalue weighted by Crippen LogP contribution is -2.13. The third-order valence-electron chi connectivity index (χ3n) is 6.55. The van der Waals surface area contributed by atoms with E-state index in [1.807, 2.05) is 0 Å². The van der Waals surface area contributed by atoms with Crippen LogP contribution >= 0.6 is 0 Å². The Morgan fingerprint density at radius 1 is 0.625 bits per heavy atom. The van der Waals surface area contributed by atoms with E-state index in [0.29, 0.717) is 60.6 Å². The van der Waals surface area contributed by atoms with E-state index in [0.717, 1.165) is 0 Å². The topological polar surface area (TPSA) is 140 Å². The van der Waals surface area contributed by atoms with Gasteiger partial charge in [-0.1, -0.05) is 0 Å². The number of epoxide rings is 4. The van der Waals surface area contributed by atoms with Crippen LogP contribution in [0.2, 0.25) is 0 Å². The van der Waals surface area contributed by atoms with Gasteiger partial charge in [-0.25, -0.2) is 9.59 Å². The molecule has 4 heterocycles. The van der Waals surface area contributed by atoms with E-state index in [9.17, 15) is 9.59 Å². The Kier molecular flexibility index (Phi) is 7.65. The summed E-state index contributed by atoms with van der Waals surface area (Å²) in [4.78, 5) is 26.0. The van der Waals surface area contributed by atoms with Gasteiger partial charge in [0.15, 0.2) is 23.0 Å². The molecule has 0 spiro atoms. The Morgan fingerprint density at radius 3 is 1.30 bits per heavy atom. The second-order valence-electron chi connectivity index (χ2n) is 9.75. The zero-order valence-corrected chi connectivity index (χ0v) is 22.2. The van der Waals surface area contributed by atoms with E-state index in [2.05, 4.69) is 0 Å². The highest BCUT2D eigenvalue weighted by Crippen LogP contribution is 2.47. The molecule has 4 aliphatic rings. The quantitative estimate of drug-likeness (QED) is 0.233. The summed E-state index contributed by atoms with van der Waals surface area (Å²) in [5, 5.41) is 0. The molecule has 0 N–H and O–H groups in total. The normalized spacial score (nSPS) is 23.6. The molecule has 4 saturated heterocycles. The van der Waals surface area contributed by atoms with Crippen molar-refractivity contribution in [2.24, 2.45) is 0 Å². The molecule has 12 nitrogen and oxygen atoms in total. The van der Waals surface area contributed by atoms with Crippen molar-refractivity contribution in [1.82, 2.24) is 0 Å². The molecule has 2 aromatic carbocycles. The van der Waals surface area contributed by atoms with Crippen LogP contribution in [0.25, 0.3) is 11.1 Å². The molecule has 0 saturated carbocycles. The van der Waals surface area contributed by atoms with E-state index < -0.39 is 11.9 Å². The number of benzene rings is 2. The summed E-state index contributed by atoms with van der Waals surface area (Å²) in [6.45, 7) is 3.09. The third-order valence-corrected chi connectivity index (χ3v) is 6.55. The lowest BCUT2D eigenvalue weighted by Gasteiger charge is -2.21. The molecule has 4 unspecified atom stereocenters. The second-order valence-corrected chi connectivity index (χ2v) is 9.75. The van der Waals surface area contributed by atoms with Crippen LogP contribution in [0.5, 0.6) is 23.0 Å². The Balaban J connectivity index is 1.43. The van der Waals surface area contributed by atoms with Gasteiger partial charge >= 0.3 is 11.9 Å². The standard InChI is InChI=1S/C28H30O12/c1-31-23-5-15(27(29)39-13-19-9-35-19)3-21(25(23)37-11-17-7-33-17)22-4-16(28(30)40-14-20-10-36-20)6-24(32-2)26(22)38-12-18-8-34-18/h3-6,17-20H,7-14H2,1-2H3. The highest BCUT2D eigenvalue weighted by atomic mass is 16.6. The molecule has 4 atom stereocenters. The molecule has 40 heavy (non-hydrogen) atoms. The Morgan fingerprint density at radius 2 is 0.975 bits per heavy atom. The van der Waals surface area contributed by atoms with Crippen LogP contribution in [0.1, 0.15) is 20.7 Å². The lowest BCUT2D eigenvalue weighted by atomic mass is 9.97. The Hall–Kier alpha value is -3.58. The summed E-state index contributed by atoms with van der Waals surface area (Å²) < 4.78 is 55.4. The molecule has 6 rings (SSSR count). The predicted octanol–water partition coefficient (Wildman–Crippen LogP) is 2.04. The molecule has 0 aliphatic carbocycles. The molecule has 2 aromatic rings. The minimum absolute atomic E-state index is 0.0519. The highest BCUT2D eigenvalue weighted by molar-refractivity contribution is 5.97. The number of rotatable bonds is 15. The fourth-order valence-corrected chi connectivity index (χ4v) is 3.95. The van der Waals surface area contributed by atoms with Crippen LogP contribution in [0, 0.1) is 0 Å². The van der Waals surface area contributed by atoms with E-state index in [4.69, 9.17) is 47.4 Å². The summed E-state index contributed by atoms with van der Waals surface area (Å²) in [5.41, 5.74) is 1.30. The van der Waals surface area contributed by atoms with Gasteiger partial charge in [-0.2, -0.15) is 0 Å². The van der Waals surface area contributed by atoms with E-state index in [1.54, 1.807) is 24.3 Å². The van der Waals surface area contributed by atoms with Crippen molar-refractivity contribution in [2.75, 3.05) is 67.1 Å². The molecule has 0 amide bonds. The minimum Gasteiger partial charge on any atom is -0.493 e. The minimum atomic E-state index is -0.562. The molecular formula is C28H30O12. The van der Waals surface area contributed by atoms with Crippen molar-refractivity contribution in [1.29, 1.82) is 0 Å². The van der Waals surface area contributed by atoms with Crippen molar-refractivity contribution >= 4 is 11.9 Å². The maximum Gasteiger partial charge on any atom is 0.338 e. The molecule has 0 radical (unpaired) electrons. The zero-order valence-electron chi connectivity index (χ0n) is 22.2. The molecule has 0 aromatic heterocycles. The SMILES string of the molecule is COc1cc(C(=O)OCC2CO2)cc(-c2cc(C(=O)OCC3CO3)cc(OC)c2OCC2CO2)c1OCC1CO1. The van der Waals surface area contributed by atoms with Gasteiger partial charge < -0.3 is 47.4 Å². The van der Waals surface area contributed by atoms with Crippen molar-refractivity contribution in [3.05, 3.63) is 35.4 Å². The largest absolute Gasteiger partial charge is 0.493 e. The number of carbonyl (C=O) groups is 2. The highest BCUT2D eigenvalue weighted by Gasteiger charge is 2.31. The monoisotopic (exact) mass is 558 g/mol. The Bertz CT molecular complexity index is 1160. The van der Waals surface area contributed by atoms with Gasteiger partial charge in [0.2, 0.25) is 0 Å². The van der Waals surface area contributed by atoms with Crippen molar-refractivity contribution in [3.8, 4) is 34.1 Å². The molecule has 0 bridgehead atoms. The summed E-state index contributed by atoms with van der Waals surface area (Å²) in [5.74, 6) is 0.142. The number of esters is 2. The van der Waals surface area contributed by atoms with Crippen LogP contribution in [0.15, 0.2) is 24.3 Å². The van der Waals surface area contributed by atoms with Gasteiger partial charge in [0.25, 0.3) is 0 Å². The lowest BCUT2D eigenvalue weighted by molar-refractivity contribution is 0.0468. The predicted molar refractivity (Wildman–Crippen MR) is 135 cm³/mol. The van der Waals surface area contributed by atoms with Gasteiger partial charge in [-0.15, -0.1) is 0 Å². The van der Waals surface area contributed by atoms with Gasteiger partial charge in [0.05, 0.1) is 51.8 Å². The molecular weight excluding hydrogens is 528 g/mol. The smallest absolute Gasteiger partial charge is 0.338 e. The number of methoxy groups -OCH3 is 2. The van der Waals surface area contributed by atoms with Gasteiger partial charge in [0, 0.05) is 11.1 Å². The van der Waals surface area contributed by atoms with Crippen LogP contribution in [0.4, 0.5) is 0 Å². The summed E-state index contributed by atoms with van der Waals surface area (Å²) in [7, 11) is 2.95. The van der Waals surface area contributed by atoms with Gasteiger partial charge in [-0.05, 0) is 24.3 Å². The molecule has 4 fully saturated rings. The van der Waals surface area contributed by atoms with Gasteiger partial charge in [-0.3, -0.25) is 0 Å². The van der Waals surface area contributed by atoms with Crippen LogP contribution < -0.4 is 18.9 Å². The summed E-state index contributed by atoms with van der Waals surface area (Å²) >= 11 is 0. The first-order chi connectivity index (χ1) is 19.5. The second kappa shape index (κ2) is 11.5. The molecule has 12 heteroatoms. The Labute approximate surface area is 230 Å².